The average molecular weight is 1090 g/mol. The van der Waals surface area contributed by atoms with Gasteiger partial charge in [-0.1, -0.05) is 241 Å². The second-order valence-corrected chi connectivity index (χ2v) is 29.3. The van der Waals surface area contributed by atoms with E-state index in [1.165, 1.54) is 104 Å². The highest BCUT2D eigenvalue weighted by Gasteiger charge is 2.55. The molecule has 0 fully saturated rings. The maximum atomic E-state index is 7.15. The molecule has 0 bridgehead atoms. The molecule has 2 aliphatic heterocycles. The average Bonchev–Trinajstić information content (AvgIpc) is 2.92. The molecule has 9 aromatic rings. The van der Waals surface area contributed by atoms with Gasteiger partial charge in [0.15, 0.2) is 0 Å². The number of anilines is 3. The molecule has 2 spiro atoms. The molecule has 14 rings (SSSR count). The van der Waals surface area contributed by atoms with Gasteiger partial charge in [0.25, 0.3) is 0 Å². The molecule has 82 heavy (non-hydrogen) atoms. The molecule has 1 atom stereocenters. The molecular formula is C79H75NOS. The van der Waals surface area contributed by atoms with Crippen molar-refractivity contribution >= 4 is 34.4 Å². The van der Waals surface area contributed by atoms with E-state index in [0.717, 1.165) is 40.5 Å². The lowest BCUT2D eigenvalue weighted by molar-refractivity contribution is 0.436. The minimum Gasteiger partial charge on any atom is -0.457 e. The first-order valence-electron chi connectivity index (χ1n) is 29.8. The first kappa shape index (κ1) is 52.5. The maximum Gasteiger partial charge on any atom is 0.132 e. The van der Waals surface area contributed by atoms with Crippen LogP contribution in [-0.4, -0.2) is 0 Å². The van der Waals surface area contributed by atoms with Crippen molar-refractivity contribution in [3.63, 3.8) is 0 Å². The Morgan fingerprint density at radius 1 is 0.415 bits per heavy atom. The summed E-state index contributed by atoms with van der Waals surface area (Å²) in [7, 11) is 0. The molecule has 3 heteroatoms. The summed E-state index contributed by atoms with van der Waals surface area (Å²) >= 11 is 1.95. The quantitative estimate of drug-likeness (QED) is 0.174. The molecule has 0 saturated heterocycles. The molecule has 0 N–H and O–H groups in total. The molecule has 5 aliphatic rings. The molecule has 0 saturated carbocycles. The van der Waals surface area contributed by atoms with E-state index < -0.39 is 10.8 Å². The van der Waals surface area contributed by atoms with Gasteiger partial charge >= 0.3 is 0 Å². The van der Waals surface area contributed by atoms with E-state index in [0.29, 0.717) is 5.92 Å². The molecule has 3 aliphatic carbocycles. The third kappa shape index (κ3) is 7.81. The Labute approximate surface area is 492 Å². The summed E-state index contributed by atoms with van der Waals surface area (Å²) in [5, 5.41) is 0. The minimum absolute atomic E-state index is 0.0362. The topological polar surface area (TPSA) is 12.5 Å². The second-order valence-electron chi connectivity index (χ2n) is 28.2. The van der Waals surface area contributed by atoms with Crippen LogP contribution in [0.5, 0.6) is 11.5 Å². The molecule has 1 unspecified atom stereocenters. The van der Waals surface area contributed by atoms with Crippen molar-refractivity contribution in [1.82, 2.24) is 0 Å². The Kier molecular flexibility index (Phi) is 11.7. The Bertz CT molecular complexity index is 4070. The fourth-order valence-electron chi connectivity index (χ4n) is 14.4. The molecule has 0 radical (unpaired) electrons. The van der Waals surface area contributed by atoms with Crippen LogP contribution in [0.2, 0.25) is 0 Å². The van der Waals surface area contributed by atoms with Gasteiger partial charge in [-0.25, -0.2) is 0 Å². The van der Waals surface area contributed by atoms with E-state index in [1.54, 1.807) is 0 Å². The van der Waals surface area contributed by atoms with Crippen molar-refractivity contribution < 1.29 is 4.74 Å². The Hall–Kier alpha value is -7.59. The van der Waals surface area contributed by atoms with E-state index in [9.17, 15) is 0 Å². The zero-order valence-electron chi connectivity index (χ0n) is 50.1. The molecular weight excluding hydrogens is 1010 g/mol. The minimum atomic E-state index is -0.675. The van der Waals surface area contributed by atoms with Gasteiger partial charge in [0, 0.05) is 37.9 Å². The highest BCUT2D eigenvalue weighted by atomic mass is 32.2. The molecule has 0 amide bonds. The zero-order chi connectivity index (χ0) is 57.0. The number of rotatable bonds is 4. The predicted molar refractivity (Wildman–Crippen MR) is 345 cm³/mol. The zero-order valence-corrected chi connectivity index (χ0v) is 50.9. The first-order chi connectivity index (χ1) is 39.1. The Morgan fingerprint density at radius 3 is 1.54 bits per heavy atom. The summed E-state index contributed by atoms with van der Waals surface area (Å²) < 4.78 is 7.15. The maximum absolute atomic E-state index is 7.15. The monoisotopic (exact) mass is 1090 g/mol. The fourth-order valence-corrected chi connectivity index (χ4v) is 15.5. The van der Waals surface area contributed by atoms with Crippen LogP contribution in [0.15, 0.2) is 216 Å². The number of ether oxygens (including phenoxy) is 1. The van der Waals surface area contributed by atoms with Gasteiger partial charge in [-0.3, -0.25) is 0 Å². The van der Waals surface area contributed by atoms with E-state index in [1.807, 2.05) is 11.8 Å². The molecule has 0 aromatic heterocycles. The summed E-state index contributed by atoms with van der Waals surface area (Å²) in [6, 6.07) is 72.7. The van der Waals surface area contributed by atoms with Gasteiger partial charge in [-0.05, 0) is 178 Å². The summed E-state index contributed by atoms with van der Waals surface area (Å²) in [4.78, 5) is 5.18. The number of fused-ring (bicyclic) bond motifs is 18. The first-order valence-corrected chi connectivity index (χ1v) is 30.6. The highest BCUT2D eigenvalue weighted by molar-refractivity contribution is 7.99. The second kappa shape index (κ2) is 18.2. The fraction of sp³-hybridized carbons (Fsp3) is 0.266. The van der Waals surface area contributed by atoms with Crippen LogP contribution >= 0.6 is 11.8 Å². The number of allylic oxidation sites excluding steroid dienone is 4. The highest BCUT2D eigenvalue weighted by Crippen LogP contribution is 2.67. The third-order valence-electron chi connectivity index (χ3n) is 18.7. The van der Waals surface area contributed by atoms with Crippen LogP contribution in [-0.2, 0) is 32.5 Å². The lowest BCUT2D eigenvalue weighted by Crippen LogP contribution is -2.34. The van der Waals surface area contributed by atoms with Crippen LogP contribution in [0, 0.1) is 5.92 Å². The number of benzene rings is 9. The van der Waals surface area contributed by atoms with Crippen LogP contribution < -0.4 is 9.64 Å². The van der Waals surface area contributed by atoms with Crippen LogP contribution in [0.25, 0.3) is 27.8 Å². The van der Waals surface area contributed by atoms with Gasteiger partial charge < -0.3 is 9.64 Å². The van der Waals surface area contributed by atoms with Crippen LogP contribution in [0.4, 0.5) is 17.1 Å². The van der Waals surface area contributed by atoms with Crippen molar-refractivity contribution in [3.05, 3.63) is 273 Å². The molecule has 2 nitrogen and oxygen atoms in total. The lowest BCUT2D eigenvalue weighted by atomic mass is 9.64. The third-order valence-corrected chi connectivity index (χ3v) is 19.9. The number of hydrogen-bond acceptors (Lipinski definition) is 3. The summed E-state index contributed by atoms with van der Waals surface area (Å²) in [6.45, 7) is 30.6. The number of para-hydroxylation sites is 3. The van der Waals surface area contributed by atoms with Crippen molar-refractivity contribution in [3.8, 4) is 33.8 Å². The molecule has 2 heterocycles. The van der Waals surface area contributed by atoms with E-state index in [4.69, 9.17) is 4.74 Å². The van der Waals surface area contributed by atoms with E-state index >= 15 is 0 Å². The van der Waals surface area contributed by atoms with Gasteiger partial charge in [-0.2, -0.15) is 0 Å². The van der Waals surface area contributed by atoms with E-state index in [2.05, 4.69) is 295 Å². The summed E-state index contributed by atoms with van der Waals surface area (Å²) in [5.41, 5.74) is 25.4. The SMILES string of the molecule is CC1C=C2C(=CC1)c1ccc(-c3ccccc3N(c3ccccc3)c3ccc4c(c3)C3(c5ccccc5O4)c4cc(C(C)(C)C)ccc4-c4ccc(C(C)(C)C)cc43)cc1C21c2cc(C(C)(C)C)ccc2Sc2ccc(C(C)(C)C)cc21. The van der Waals surface area contributed by atoms with Gasteiger partial charge in [0.1, 0.15) is 11.5 Å². The lowest BCUT2D eigenvalue weighted by Gasteiger charge is -2.42. The van der Waals surface area contributed by atoms with Crippen molar-refractivity contribution in [2.45, 2.75) is 139 Å². The summed E-state index contributed by atoms with van der Waals surface area (Å²) in [5.74, 6) is 2.18. The normalized spacial score (nSPS) is 16.8. The van der Waals surface area contributed by atoms with Gasteiger partial charge in [-0.15, -0.1) is 0 Å². The molecule has 408 valence electrons. The Balaban J connectivity index is 1.02. The number of nitrogens with zero attached hydrogens (tertiary/aromatic N) is 1. The summed E-state index contributed by atoms with van der Waals surface area (Å²) in [6.07, 6.45) is 6.21. The largest absolute Gasteiger partial charge is 0.457 e. The van der Waals surface area contributed by atoms with Crippen molar-refractivity contribution in [1.29, 1.82) is 0 Å². The molecule has 9 aromatic carbocycles. The van der Waals surface area contributed by atoms with Gasteiger partial charge in [0.2, 0.25) is 0 Å². The van der Waals surface area contributed by atoms with E-state index in [-0.39, 0.29) is 21.7 Å². The van der Waals surface area contributed by atoms with Crippen molar-refractivity contribution in [2.24, 2.45) is 5.92 Å². The number of hydrogen-bond donors (Lipinski definition) is 0. The van der Waals surface area contributed by atoms with Crippen molar-refractivity contribution in [2.75, 3.05) is 4.90 Å². The Morgan fingerprint density at radius 2 is 0.927 bits per heavy atom. The predicted octanol–water partition coefficient (Wildman–Crippen LogP) is 21.6. The smallest absolute Gasteiger partial charge is 0.132 e. The van der Waals surface area contributed by atoms with Crippen LogP contribution in [0.1, 0.15) is 163 Å². The van der Waals surface area contributed by atoms with Gasteiger partial charge in [0.05, 0.1) is 16.5 Å². The van der Waals surface area contributed by atoms with Crippen LogP contribution in [0.3, 0.4) is 0 Å². The standard InChI is InChI=1S/C79H75NOS/c1-48-27-34-57-58-35-28-49(42-63(58)79(62(57)41-48)67-45-52(76(8,9)10)31-39-72(67)82-73-40-32-53(46-68(73)79)77(11,12)13)56-23-17-19-25-69(56)80(54-21-15-14-16-22-54)55-33-38-71-66(47-55)78(61-24-18-20-26-70(61)81-71)64-43-50(74(2,3)4)29-36-59(64)60-37-30-51(44-65(60)78)75(5,6)7/h14-26,28-48H,27H2,1-13H3.